The Balaban J connectivity index is 2.43. The molecular formula is C16H21NO2. The fraction of sp³-hybridized carbons (Fsp3) is 0.438. The summed E-state index contributed by atoms with van der Waals surface area (Å²) < 4.78 is 1.71. The zero-order chi connectivity index (χ0) is 14.2. The van der Waals surface area contributed by atoms with Gasteiger partial charge in [0.25, 0.3) is 0 Å². The molecule has 0 aliphatic rings. The molecule has 2 rings (SSSR count). The van der Waals surface area contributed by atoms with Gasteiger partial charge in [0.2, 0.25) is 5.91 Å². The van der Waals surface area contributed by atoms with Crippen LogP contribution in [-0.4, -0.2) is 21.7 Å². The predicted octanol–water partition coefficient (Wildman–Crippen LogP) is 3.25. The van der Waals surface area contributed by atoms with Gasteiger partial charge < -0.3 is 5.11 Å². The van der Waals surface area contributed by atoms with Crippen LogP contribution < -0.4 is 0 Å². The summed E-state index contributed by atoms with van der Waals surface area (Å²) in [6.45, 7) is 7.54. The summed E-state index contributed by atoms with van der Waals surface area (Å²) >= 11 is 0. The van der Waals surface area contributed by atoms with Crippen LogP contribution in [0.2, 0.25) is 0 Å². The summed E-state index contributed by atoms with van der Waals surface area (Å²) in [7, 11) is 0. The van der Waals surface area contributed by atoms with E-state index in [-0.39, 0.29) is 12.0 Å². The summed E-state index contributed by atoms with van der Waals surface area (Å²) in [5, 5.41) is 10.5. The van der Waals surface area contributed by atoms with Crippen molar-refractivity contribution in [2.45, 2.75) is 40.2 Å². The number of aliphatic hydroxyl groups is 1. The number of aromatic nitrogens is 1. The predicted molar refractivity (Wildman–Crippen MR) is 77.4 cm³/mol. The smallest absolute Gasteiger partial charge is 0.236 e. The normalized spacial score (nSPS) is 13.7. The highest BCUT2D eigenvalue weighted by atomic mass is 16.3. The molecule has 0 aliphatic carbocycles. The number of fused-ring (bicyclic) bond motifs is 1. The first-order valence-electron chi connectivity index (χ1n) is 6.62. The maximum absolute atomic E-state index is 12.3. The van der Waals surface area contributed by atoms with Crippen LogP contribution in [0.1, 0.15) is 38.1 Å². The molecule has 0 bridgehead atoms. The first-order valence-corrected chi connectivity index (χ1v) is 6.62. The molecule has 3 heteroatoms. The summed E-state index contributed by atoms with van der Waals surface area (Å²) in [5.74, 6) is 0.0887. The molecule has 2 aromatic rings. The fourth-order valence-electron chi connectivity index (χ4n) is 2.20. The Labute approximate surface area is 113 Å². The number of hydrogen-bond acceptors (Lipinski definition) is 2. The molecule has 1 heterocycles. The number of carbonyl (C=O) groups excluding carboxylic acids is 1. The second-order valence-electron chi connectivity index (χ2n) is 6.19. The van der Waals surface area contributed by atoms with Gasteiger partial charge in [-0.2, -0.15) is 0 Å². The SMILES string of the molecule is CC(O)Cc1ccc2c(ccn2C(=O)C(C)(C)C)c1. The second kappa shape index (κ2) is 4.82. The zero-order valence-electron chi connectivity index (χ0n) is 12.0. The molecule has 0 amide bonds. The van der Waals surface area contributed by atoms with Crippen LogP contribution >= 0.6 is 0 Å². The van der Waals surface area contributed by atoms with Gasteiger partial charge >= 0.3 is 0 Å². The summed E-state index contributed by atoms with van der Waals surface area (Å²) in [5.41, 5.74) is 1.61. The van der Waals surface area contributed by atoms with Crippen molar-refractivity contribution in [3.05, 3.63) is 36.0 Å². The third-order valence-corrected chi connectivity index (χ3v) is 3.15. The molecule has 3 nitrogen and oxygen atoms in total. The van der Waals surface area contributed by atoms with Crippen molar-refractivity contribution >= 4 is 16.8 Å². The van der Waals surface area contributed by atoms with Crippen LogP contribution in [0.25, 0.3) is 10.9 Å². The molecular weight excluding hydrogens is 238 g/mol. The molecule has 1 aromatic carbocycles. The number of carbonyl (C=O) groups is 1. The average molecular weight is 259 g/mol. The molecule has 0 spiro atoms. The van der Waals surface area contributed by atoms with Gasteiger partial charge in [0.1, 0.15) is 0 Å². The molecule has 0 aliphatic heterocycles. The lowest BCUT2D eigenvalue weighted by molar-refractivity contribution is 0.0772. The van der Waals surface area contributed by atoms with E-state index in [2.05, 4.69) is 0 Å². The van der Waals surface area contributed by atoms with E-state index in [4.69, 9.17) is 0 Å². The molecule has 0 fully saturated rings. The Morgan fingerprint density at radius 2 is 2.00 bits per heavy atom. The van der Waals surface area contributed by atoms with E-state index in [9.17, 15) is 9.90 Å². The standard InChI is InChI=1S/C16H21NO2/c1-11(18)9-12-5-6-14-13(10-12)7-8-17(14)15(19)16(2,3)4/h5-8,10-11,18H,9H2,1-4H3. The van der Waals surface area contributed by atoms with E-state index in [0.29, 0.717) is 6.42 Å². The van der Waals surface area contributed by atoms with Crippen molar-refractivity contribution in [2.24, 2.45) is 5.41 Å². The van der Waals surface area contributed by atoms with Gasteiger partial charge in [0, 0.05) is 17.0 Å². The van der Waals surface area contributed by atoms with Crippen molar-refractivity contribution < 1.29 is 9.90 Å². The van der Waals surface area contributed by atoms with E-state index in [1.807, 2.05) is 51.2 Å². The van der Waals surface area contributed by atoms with Gasteiger partial charge in [-0.3, -0.25) is 9.36 Å². The highest BCUT2D eigenvalue weighted by Gasteiger charge is 2.23. The highest BCUT2D eigenvalue weighted by molar-refractivity contribution is 5.95. The molecule has 1 atom stereocenters. The summed E-state index contributed by atoms with van der Waals surface area (Å²) in [6, 6.07) is 7.91. The van der Waals surface area contributed by atoms with Gasteiger partial charge in [0.05, 0.1) is 11.6 Å². The van der Waals surface area contributed by atoms with Crippen LogP contribution in [0.5, 0.6) is 0 Å². The quantitative estimate of drug-likeness (QED) is 0.899. The lowest BCUT2D eigenvalue weighted by Crippen LogP contribution is -2.25. The van der Waals surface area contributed by atoms with Crippen molar-refractivity contribution in [1.29, 1.82) is 0 Å². The second-order valence-corrected chi connectivity index (χ2v) is 6.19. The van der Waals surface area contributed by atoms with Gasteiger partial charge in [-0.1, -0.05) is 26.8 Å². The number of hydrogen-bond donors (Lipinski definition) is 1. The Morgan fingerprint density at radius 1 is 1.32 bits per heavy atom. The molecule has 0 saturated heterocycles. The molecule has 19 heavy (non-hydrogen) atoms. The third-order valence-electron chi connectivity index (χ3n) is 3.15. The van der Waals surface area contributed by atoms with Crippen molar-refractivity contribution in [1.82, 2.24) is 4.57 Å². The van der Waals surface area contributed by atoms with E-state index >= 15 is 0 Å². The van der Waals surface area contributed by atoms with E-state index in [0.717, 1.165) is 16.5 Å². The molecule has 1 unspecified atom stereocenters. The molecule has 0 saturated carbocycles. The Kier molecular flexibility index (Phi) is 3.50. The van der Waals surface area contributed by atoms with Crippen molar-refractivity contribution in [3.8, 4) is 0 Å². The van der Waals surface area contributed by atoms with Crippen molar-refractivity contribution in [2.75, 3.05) is 0 Å². The van der Waals surface area contributed by atoms with E-state index in [1.54, 1.807) is 11.5 Å². The first-order chi connectivity index (χ1) is 8.79. The monoisotopic (exact) mass is 259 g/mol. The van der Waals surface area contributed by atoms with Crippen LogP contribution in [0.3, 0.4) is 0 Å². The summed E-state index contributed by atoms with van der Waals surface area (Å²) in [6.07, 6.45) is 2.11. The van der Waals surface area contributed by atoms with Gasteiger partial charge in [-0.15, -0.1) is 0 Å². The minimum Gasteiger partial charge on any atom is -0.393 e. The van der Waals surface area contributed by atoms with Crippen LogP contribution in [0.15, 0.2) is 30.5 Å². The zero-order valence-corrected chi connectivity index (χ0v) is 12.0. The van der Waals surface area contributed by atoms with Gasteiger partial charge in [-0.05, 0) is 37.1 Å². The number of rotatable bonds is 2. The minimum atomic E-state index is -0.399. The number of benzene rings is 1. The molecule has 1 N–H and O–H groups in total. The maximum atomic E-state index is 12.3. The van der Waals surface area contributed by atoms with E-state index < -0.39 is 5.41 Å². The lowest BCUT2D eigenvalue weighted by Gasteiger charge is -2.17. The Bertz CT molecular complexity index is 603. The van der Waals surface area contributed by atoms with Crippen LogP contribution in [-0.2, 0) is 6.42 Å². The minimum absolute atomic E-state index is 0.0887. The first kappa shape index (κ1) is 13.8. The number of aliphatic hydroxyl groups excluding tert-OH is 1. The van der Waals surface area contributed by atoms with Crippen LogP contribution in [0, 0.1) is 5.41 Å². The maximum Gasteiger partial charge on any atom is 0.236 e. The Hall–Kier alpha value is -1.61. The topological polar surface area (TPSA) is 42.2 Å². The summed E-state index contributed by atoms with van der Waals surface area (Å²) in [4.78, 5) is 12.3. The van der Waals surface area contributed by atoms with Crippen molar-refractivity contribution in [3.63, 3.8) is 0 Å². The van der Waals surface area contributed by atoms with E-state index in [1.165, 1.54) is 0 Å². The highest BCUT2D eigenvalue weighted by Crippen LogP contribution is 2.23. The molecule has 102 valence electrons. The fourth-order valence-corrected chi connectivity index (χ4v) is 2.20. The lowest BCUT2D eigenvalue weighted by atomic mass is 9.95. The third kappa shape index (κ3) is 2.87. The molecule has 0 radical (unpaired) electrons. The largest absolute Gasteiger partial charge is 0.393 e. The van der Waals surface area contributed by atoms with Gasteiger partial charge in [-0.25, -0.2) is 0 Å². The Morgan fingerprint density at radius 3 is 2.58 bits per heavy atom. The van der Waals surface area contributed by atoms with Gasteiger partial charge in [0.15, 0.2) is 0 Å². The van der Waals surface area contributed by atoms with Crippen LogP contribution in [0.4, 0.5) is 0 Å². The molecule has 1 aromatic heterocycles. The average Bonchev–Trinajstić information content (AvgIpc) is 2.68. The number of nitrogens with zero attached hydrogens (tertiary/aromatic N) is 1.